The molecule has 0 bridgehead atoms. The number of rotatable bonds is 10. The van der Waals surface area contributed by atoms with E-state index in [0.29, 0.717) is 6.10 Å². The van der Waals surface area contributed by atoms with Crippen molar-refractivity contribution in [1.82, 2.24) is 15.6 Å². The number of aryl methyl sites for hydroxylation is 2. The first-order valence-corrected chi connectivity index (χ1v) is 10.7. The van der Waals surface area contributed by atoms with Crippen molar-refractivity contribution in [2.75, 3.05) is 26.2 Å². The molecule has 1 aromatic rings. The van der Waals surface area contributed by atoms with Crippen molar-refractivity contribution in [3.8, 4) is 0 Å². The second-order valence-corrected chi connectivity index (χ2v) is 7.60. The van der Waals surface area contributed by atoms with Gasteiger partial charge in [0.25, 0.3) is 0 Å². The van der Waals surface area contributed by atoms with Crippen molar-refractivity contribution >= 4 is 41.3 Å². The van der Waals surface area contributed by atoms with Gasteiger partial charge in [-0.25, -0.2) is 4.98 Å². The van der Waals surface area contributed by atoms with Gasteiger partial charge in [-0.3, -0.25) is 4.99 Å². The zero-order chi connectivity index (χ0) is 17.7. The van der Waals surface area contributed by atoms with E-state index in [2.05, 4.69) is 32.9 Å². The highest BCUT2D eigenvalue weighted by Gasteiger charge is 2.12. The van der Waals surface area contributed by atoms with E-state index in [1.807, 2.05) is 6.92 Å². The van der Waals surface area contributed by atoms with Gasteiger partial charge in [0.15, 0.2) is 5.96 Å². The van der Waals surface area contributed by atoms with E-state index < -0.39 is 0 Å². The van der Waals surface area contributed by atoms with Crippen molar-refractivity contribution in [2.24, 2.45) is 4.99 Å². The van der Waals surface area contributed by atoms with Crippen LogP contribution in [0.3, 0.4) is 0 Å². The van der Waals surface area contributed by atoms with Crippen LogP contribution in [-0.2, 0) is 11.2 Å². The molecule has 1 saturated carbocycles. The second kappa shape index (κ2) is 14.6. The number of thiazole rings is 1. The lowest BCUT2D eigenvalue weighted by atomic mass is 9.98. The Hall–Kier alpha value is -0.410. The number of halogens is 1. The Kier molecular flexibility index (Phi) is 13.3. The van der Waals surface area contributed by atoms with Crippen LogP contribution in [0.15, 0.2) is 10.4 Å². The number of aliphatic imine (C=N–C) groups is 1. The predicted molar refractivity (Wildman–Crippen MR) is 122 cm³/mol. The van der Waals surface area contributed by atoms with Crippen molar-refractivity contribution < 1.29 is 4.74 Å². The fraction of sp³-hybridized carbons (Fsp3) is 0.789. The Bertz CT molecular complexity index is 503. The molecule has 2 N–H and O–H groups in total. The summed E-state index contributed by atoms with van der Waals surface area (Å²) in [6.45, 7) is 7.61. The molecule has 1 aromatic heterocycles. The van der Waals surface area contributed by atoms with Crippen molar-refractivity contribution in [3.63, 3.8) is 0 Å². The lowest BCUT2D eigenvalue weighted by molar-refractivity contribution is 0.0277. The van der Waals surface area contributed by atoms with Crippen LogP contribution in [0.25, 0.3) is 0 Å². The topological polar surface area (TPSA) is 58.5 Å². The monoisotopic (exact) mass is 494 g/mol. The zero-order valence-electron chi connectivity index (χ0n) is 16.3. The molecule has 2 rings (SSSR count). The standard InChI is InChI=1S/C19H34N4OS.HI/c1-3-20-19(21-12-7-11-18-23-16(2)15-25-18)22-13-8-14-24-17-9-5-4-6-10-17;/h15,17H,3-14H2,1-2H3,(H2,20,21,22);1H. The molecule has 0 aromatic carbocycles. The fourth-order valence-corrected chi connectivity index (χ4v) is 3.86. The average Bonchev–Trinajstić information content (AvgIpc) is 3.04. The summed E-state index contributed by atoms with van der Waals surface area (Å²) >= 11 is 1.74. The largest absolute Gasteiger partial charge is 0.378 e. The van der Waals surface area contributed by atoms with Crippen molar-refractivity contribution in [3.05, 3.63) is 16.1 Å². The van der Waals surface area contributed by atoms with Crippen LogP contribution in [0.1, 0.15) is 62.6 Å². The van der Waals surface area contributed by atoms with Gasteiger partial charge in [0, 0.05) is 43.7 Å². The number of guanidine groups is 1. The molecule has 0 amide bonds. The predicted octanol–water partition coefficient (Wildman–Crippen LogP) is 4.30. The van der Waals surface area contributed by atoms with Gasteiger partial charge in [0.1, 0.15) is 0 Å². The van der Waals surface area contributed by atoms with Crippen molar-refractivity contribution in [2.45, 2.75) is 71.3 Å². The van der Waals surface area contributed by atoms with Crippen LogP contribution < -0.4 is 10.6 Å². The SMILES string of the molecule is CCNC(=NCCCc1nc(C)cs1)NCCCOC1CCCCC1.I. The van der Waals surface area contributed by atoms with Gasteiger partial charge in [-0.05, 0) is 39.5 Å². The summed E-state index contributed by atoms with van der Waals surface area (Å²) in [6.07, 6.45) is 10.1. The first-order chi connectivity index (χ1) is 12.3. The molecular formula is C19H35IN4OS. The van der Waals surface area contributed by atoms with Gasteiger partial charge >= 0.3 is 0 Å². The summed E-state index contributed by atoms with van der Waals surface area (Å²) in [4.78, 5) is 9.15. The molecule has 7 heteroatoms. The van der Waals surface area contributed by atoms with Gasteiger partial charge < -0.3 is 15.4 Å². The third kappa shape index (κ3) is 10.1. The Morgan fingerprint density at radius 2 is 2.08 bits per heavy atom. The third-order valence-corrected chi connectivity index (χ3v) is 5.38. The van der Waals surface area contributed by atoms with Crippen LogP contribution in [0, 0.1) is 6.92 Å². The molecule has 0 atom stereocenters. The average molecular weight is 494 g/mol. The number of ether oxygens (including phenoxy) is 1. The number of nitrogens with zero attached hydrogens (tertiary/aromatic N) is 2. The second-order valence-electron chi connectivity index (χ2n) is 6.66. The van der Waals surface area contributed by atoms with Gasteiger partial charge in [-0.1, -0.05) is 19.3 Å². The molecule has 0 unspecified atom stereocenters. The molecule has 26 heavy (non-hydrogen) atoms. The van der Waals surface area contributed by atoms with E-state index in [1.165, 1.54) is 37.1 Å². The van der Waals surface area contributed by atoms with Crippen molar-refractivity contribution in [1.29, 1.82) is 0 Å². The highest BCUT2D eigenvalue weighted by atomic mass is 127. The summed E-state index contributed by atoms with van der Waals surface area (Å²) < 4.78 is 5.97. The Morgan fingerprint density at radius 3 is 2.77 bits per heavy atom. The third-order valence-electron chi connectivity index (χ3n) is 4.35. The van der Waals surface area contributed by atoms with E-state index >= 15 is 0 Å². The van der Waals surface area contributed by atoms with E-state index in [0.717, 1.165) is 57.2 Å². The van der Waals surface area contributed by atoms with Gasteiger partial charge in [-0.15, -0.1) is 35.3 Å². The van der Waals surface area contributed by atoms with E-state index in [4.69, 9.17) is 4.74 Å². The summed E-state index contributed by atoms with van der Waals surface area (Å²) in [5.74, 6) is 0.912. The molecular weight excluding hydrogens is 459 g/mol. The minimum absolute atomic E-state index is 0. The van der Waals surface area contributed by atoms with Crippen LogP contribution >= 0.6 is 35.3 Å². The first-order valence-electron chi connectivity index (χ1n) is 9.82. The minimum Gasteiger partial charge on any atom is -0.378 e. The maximum Gasteiger partial charge on any atom is 0.191 e. The zero-order valence-corrected chi connectivity index (χ0v) is 19.4. The maximum atomic E-state index is 5.97. The summed E-state index contributed by atoms with van der Waals surface area (Å²) in [5, 5.41) is 10.0. The van der Waals surface area contributed by atoms with Gasteiger partial charge in [-0.2, -0.15) is 0 Å². The number of aromatic nitrogens is 1. The first kappa shape index (κ1) is 23.6. The van der Waals surface area contributed by atoms with Crippen LogP contribution in [0.2, 0.25) is 0 Å². The van der Waals surface area contributed by atoms with Crippen LogP contribution in [-0.4, -0.2) is 43.3 Å². The minimum atomic E-state index is 0. The molecule has 1 aliphatic rings. The molecule has 1 fully saturated rings. The molecule has 0 radical (unpaired) electrons. The van der Waals surface area contributed by atoms with Crippen LogP contribution in [0.4, 0.5) is 0 Å². The fourth-order valence-electron chi connectivity index (χ4n) is 3.04. The maximum absolute atomic E-state index is 5.97. The highest BCUT2D eigenvalue weighted by Crippen LogP contribution is 2.20. The Labute approximate surface area is 179 Å². The summed E-state index contributed by atoms with van der Waals surface area (Å²) in [5.41, 5.74) is 1.12. The number of hydrogen-bond acceptors (Lipinski definition) is 4. The normalized spacial score (nSPS) is 15.5. The Balaban J connectivity index is 0.00000338. The van der Waals surface area contributed by atoms with Crippen LogP contribution in [0.5, 0.6) is 0 Å². The highest BCUT2D eigenvalue weighted by molar-refractivity contribution is 14.0. The molecule has 1 heterocycles. The quantitative estimate of drug-likeness (QED) is 0.221. The van der Waals surface area contributed by atoms with Gasteiger partial charge in [0.2, 0.25) is 0 Å². The molecule has 150 valence electrons. The molecule has 5 nitrogen and oxygen atoms in total. The molecule has 0 aliphatic heterocycles. The Morgan fingerprint density at radius 1 is 1.27 bits per heavy atom. The lowest BCUT2D eigenvalue weighted by Crippen LogP contribution is -2.38. The number of nitrogens with one attached hydrogen (secondary N) is 2. The summed E-state index contributed by atoms with van der Waals surface area (Å²) in [7, 11) is 0. The molecule has 0 saturated heterocycles. The van der Waals surface area contributed by atoms with E-state index in [1.54, 1.807) is 11.3 Å². The smallest absolute Gasteiger partial charge is 0.191 e. The lowest BCUT2D eigenvalue weighted by Gasteiger charge is -2.22. The molecule has 0 spiro atoms. The number of hydrogen-bond donors (Lipinski definition) is 2. The van der Waals surface area contributed by atoms with E-state index in [9.17, 15) is 0 Å². The van der Waals surface area contributed by atoms with E-state index in [-0.39, 0.29) is 24.0 Å². The summed E-state index contributed by atoms with van der Waals surface area (Å²) in [6, 6.07) is 0. The van der Waals surface area contributed by atoms with Gasteiger partial charge in [0.05, 0.1) is 11.1 Å². The molecule has 1 aliphatic carbocycles.